The zero-order valence-corrected chi connectivity index (χ0v) is 17.0. The molecule has 0 aromatic heterocycles. The first-order valence-electron chi connectivity index (χ1n) is 9.83. The van der Waals surface area contributed by atoms with Crippen molar-refractivity contribution in [3.63, 3.8) is 0 Å². The highest BCUT2D eigenvalue weighted by atomic mass is 16.5. The van der Waals surface area contributed by atoms with Gasteiger partial charge in [0, 0.05) is 42.8 Å². The molecule has 2 saturated heterocycles. The van der Waals surface area contributed by atoms with Gasteiger partial charge < -0.3 is 19.9 Å². The summed E-state index contributed by atoms with van der Waals surface area (Å²) in [5, 5.41) is 3.49. The minimum absolute atomic E-state index is 0.109. The zero-order valence-electron chi connectivity index (χ0n) is 17.0. The van der Waals surface area contributed by atoms with Crippen LogP contribution in [0.25, 0.3) is 0 Å². The predicted octanol–water partition coefficient (Wildman–Crippen LogP) is 3.11. The van der Waals surface area contributed by atoms with Crippen LogP contribution >= 0.6 is 0 Å². The Morgan fingerprint density at radius 1 is 1.15 bits per heavy atom. The molecule has 5 heteroatoms. The molecule has 5 nitrogen and oxygen atoms in total. The zero-order chi connectivity index (χ0) is 18.8. The maximum Gasteiger partial charge on any atom is 0.194 e. The lowest BCUT2D eigenvalue weighted by Gasteiger charge is -2.62. The van der Waals surface area contributed by atoms with E-state index in [0.717, 1.165) is 45.4 Å². The summed E-state index contributed by atoms with van der Waals surface area (Å²) >= 11 is 0. The second-order valence-corrected chi connectivity index (χ2v) is 8.43. The van der Waals surface area contributed by atoms with Crippen molar-refractivity contribution in [1.82, 2.24) is 10.2 Å². The van der Waals surface area contributed by atoms with Crippen molar-refractivity contribution in [3.05, 3.63) is 29.8 Å². The third-order valence-corrected chi connectivity index (χ3v) is 6.22. The van der Waals surface area contributed by atoms with Crippen LogP contribution in [0.4, 0.5) is 5.69 Å². The quantitative estimate of drug-likeness (QED) is 0.663. The van der Waals surface area contributed by atoms with E-state index in [0.29, 0.717) is 12.0 Å². The van der Waals surface area contributed by atoms with E-state index in [1.165, 1.54) is 11.3 Å². The highest BCUT2D eigenvalue weighted by Gasteiger charge is 2.53. The number of hydrogen-bond donors (Lipinski definition) is 1. The molecule has 2 fully saturated rings. The second kappa shape index (κ2) is 7.47. The van der Waals surface area contributed by atoms with Crippen LogP contribution in [-0.2, 0) is 11.3 Å². The number of nitrogens with one attached hydrogen (secondary N) is 1. The van der Waals surface area contributed by atoms with Gasteiger partial charge in [-0.05, 0) is 32.4 Å². The normalized spacial score (nSPS) is 22.1. The van der Waals surface area contributed by atoms with E-state index in [9.17, 15) is 0 Å². The fraction of sp³-hybridized carbons (Fsp3) is 0.667. The molecule has 0 atom stereocenters. The Balaban J connectivity index is 1.79. The minimum Gasteiger partial charge on any atom is -0.378 e. The van der Waals surface area contributed by atoms with Crippen molar-refractivity contribution in [2.45, 2.75) is 46.7 Å². The van der Waals surface area contributed by atoms with Gasteiger partial charge in [-0.25, -0.2) is 4.99 Å². The monoisotopic (exact) mass is 358 g/mol. The molecule has 144 valence electrons. The van der Waals surface area contributed by atoms with Crippen molar-refractivity contribution < 1.29 is 4.74 Å². The number of ether oxygens (including phenoxy) is 1. The van der Waals surface area contributed by atoms with Gasteiger partial charge in [0.05, 0.1) is 19.8 Å². The first-order valence-corrected chi connectivity index (χ1v) is 9.83. The summed E-state index contributed by atoms with van der Waals surface area (Å²) in [6.07, 6.45) is 0. The number of hydrogen-bond acceptors (Lipinski definition) is 3. The van der Waals surface area contributed by atoms with E-state index >= 15 is 0 Å². The summed E-state index contributed by atoms with van der Waals surface area (Å²) in [5.74, 6) is 1.02. The number of nitrogens with zero attached hydrogens (tertiary/aromatic N) is 3. The van der Waals surface area contributed by atoms with Crippen molar-refractivity contribution in [2.24, 2.45) is 10.4 Å². The van der Waals surface area contributed by atoms with Gasteiger partial charge in [0.15, 0.2) is 5.96 Å². The van der Waals surface area contributed by atoms with Crippen LogP contribution in [0, 0.1) is 5.41 Å². The molecule has 0 spiro atoms. The van der Waals surface area contributed by atoms with Crippen LogP contribution in [-0.4, -0.2) is 55.8 Å². The Labute approximate surface area is 158 Å². The van der Waals surface area contributed by atoms with Gasteiger partial charge in [-0.3, -0.25) is 0 Å². The molecule has 0 amide bonds. The van der Waals surface area contributed by atoms with Gasteiger partial charge in [0.25, 0.3) is 0 Å². The van der Waals surface area contributed by atoms with E-state index in [-0.39, 0.29) is 5.54 Å². The van der Waals surface area contributed by atoms with Crippen LogP contribution in [0.3, 0.4) is 0 Å². The lowest BCUT2D eigenvalue weighted by Crippen LogP contribution is -2.72. The Hall–Kier alpha value is -1.75. The fourth-order valence-corrected chi connectivity index (χ4v) is 3.71. The standard InChI is InChI=1S/C21H34N4O/c1-6-22-19(25-16-20(2,3)21(25,4)5)23-15-17-9-7-8-10-18(17)24-11-13-26-14-12-24/h7-10H,6,11-16H2,1-5H3,(H,22,23). The number of rotatable bonds is 4. The Morgan fingerprint density at radius 2 is 1.85 bits per heavy atom. The predicted molar refractivity (Wildman–Crippen MR) is 109 cm³/mol. The summed E-state index contributed by atoms with van der Waals surface area (Å²) in [5.41, 5.74) is 2.98. The van der Waals surface area contributed by atoms with Crippen LogP contribution in [0.2, 0.25) is 0 Å². The molecule has 0 bridgehead atoms. The molecule has 2 aliphatic rings. The average Bonchev–Trinajstić information content (AvgIpc) is 2.64. The number of para-hydroxylation sites is 1. The highest BCUT2D eigenvalue weighted by molar-refractivity contribution is 5.82. The third-order valence-electron chi connectivity index (χ3n) is 6.22. The molecule has 2 aliphatic heterocycles. The highest BCUT2D eigenvalue weighted by Crippen LogP contribution is 2.46. The lowest BCUT2D eigenvalue weighted by molar-refractivity contribution is -0.0667. The van der Waals surface area contributed by atoms with Crippen LogP contribution in [0.5, 0.6) is 0 Å². The SMILES string of the molecule is CCNC(=NCc1ccccc1N1CCOCC1)N1CC(C)(C)C1(C)C. The first-order chi connectivity index (χ1) is 12.4. The molecular weight excluding hydrogens is 324 g/mol. The molecule has 1 aromatic rings. The van der Waals surface area contributed by atoms with E-state index < -0.39 is 0 Å². The first kappa shape index (κ1) is 19.0. The topological polar surface area (TPSA) is 40.1 Å². The summed E-state index contributed by atoms with van der Waals surface area (Å²) < 4.78 is 5.50. The maximum absolute atomic E-state index is 5.50. The minimum atomic E-state index is 0.109. The molecule has 1 aromatic carbocycles. The molecule has 0 unspecified atom stereocenters. The molecule has 0 radical (unpaired) electrons. The number of guanidine groups is 1. The van der Waals surface area contributed by atoms with Gasteiger partial charge in [-0.2, -0.15) is 0 Å². The van der Waals surface area contributed by atoms with E-state index in [2.05, 4.69) is 74.0 Å². The van der Waals surface area contributed by atoms with Gasteiger partial charge >= 0.3 is 0 Å². The summed E-state index contributed by atoms with van der Waals surface area (Å²) in [6.45, 7) is 17.6. The number of morpholine rings is 1. The molecular formula is C21H34N4O. The van der Waals surface area contributed by atoms with Crippen LogP contribution < -0.4 is 10.2 Å². The largest absolute Gasteiger partial charge is 0.378 e. The van der Waals surface area contributed by atoms with Crippen molar-refractivity contribution in [3.8, 4) is 0 Å². The molecule has 1 N–H and O–H groups in total. The maximum atomic E-state index is 5.50. The Morgan fingerprint density at radius 3 is 2.46 bits per heavy atom. The third kappa shape index (κ3) is 3.54. The van der Waals surface area contributed by atoms with Crippen LogP contribution in [0.15, 0.2) is 29.3 Å². The fourth-order valence-electron chi connectivity index (χ4n) is 3.71. The number of anilines is 1. The van der Waals surface area contributed by atoms with Crippen molar-refractivity contribution in [2.75, 3.05) is 44.3 Å². The molecule has 3 rings (SSSR count). The van der Waals surface area contributed by atoms with Crippen molar-refractivity contribution in [1.29, 1.82) is 0 Å². The van der Waals surface area contributed by atoms with E-state index in [1.54, 1.807) is 0 Å². The smallest absolute Gasteiger partial charge is 0.194 e. The molecule has 2 heterocycles. The second-order valence-electron chi connectivity index (χ2n) is 8.43. The van der Waals surface area contributed by atoms with E-state index in [4.69, 9.17) is 9.73 Å². The Bertz CT molecular complexity index is 647. The Kier molecular flexibility index (Phi) is 5.47. The van der Waals surface area contributed by atoms with Gasteiger partial charge in [0.1, 0.15) is 0 Å². The number of likely N-dealkylation sites (tertiary alicyclic amines) is 1. The summed E-state index contributed by atoms with van der Waals surface area (Å²) in [4.78, 5) is 9.82. The average molecular weight is 359 g/mol. The number of aliphatic imine (C=N–C) groups is 1. The summed E-state index contributed by atoms with van der Waals surface area (Å²) in [6, 6.07) is 8.63. The van der Waals surface area contributed by atoms with Crippen LogP contribution in [0.1, 0.15) is 40.2 Å². The van der Waals surface area contributed by atoms with Gasteiger partial charge in [0.2, 0.25) is 0 Å². The summed E-state index contributed by atoms with van der Waals surface area (Å²) in [7, 11) is 0. The lowest BCUT2D eigenvalue weighted by atomic mass is 9.65. The van der Waals surface area contributed by atoms with E-state index in [1.807, 2.05) is 0 Å². The van der Waals surface area contributed by atoms with Crippen molar-refractivity contribution >= 4 is 11.6 Å². The molecule has 26 heavy (non-hydrogen) atoms. The van der Waals surface area contributed by atoms with Gasteiger partial charge in [-0.15, -0.1) is 0 Å². The molecule has 0 saturated carbocycles. The molecule has 0 aliphatic carbocycles. The van der Waals surface area contributed by atoms with Gasteiger partial charge in [-0.1, -0.05) is 32.0 Å². The number of benzene rings is 1.